The number of rotatable bonds is 10. The van der Waals surface area contributed by atoms with Crippen LogP contribution in [0.2, 0.25) is 26.2 Å². The molecule has 20 heavy (non-hydrogen) atoms. The molecule has 0 fully saturated rings. The van der Waals surface area contributed by atoms with Crippen LogP contribution in [0.15, 0.2) is 49.1 Å². The molecule has 0 bridgehead atoms. The van der Waals surface area contributed by atoms with E-state index < -0.39 is 33.8 Å². The minimum absolute atomic E-state index is 1.46. The summed E-state index contributed by atoms with van der Waals surface area (Å²) >= 11 is 6.34. The largest absolute Gasteiger partial charge is 0.433 e. The van der Waals surface area contributed by atoms with E-state index in [1.807, 2.05) is 31.9 Å². The highest BCUT2D eigenvalue weighted by atomic mass is 35.6. The predicted octanol–water partition coefficient (Wildman–Crippen LogP) is 3.75. The molecule has 0 saturated carbocycles. The molecule has 0 radical (unpaired) electrons. The smallest absolute Gasteiger partial charge is 0.343 e. The molecule has 0 N–H and O–H groups in total. The van der Waals surface area contributed by atoms with Gasteiger partial charge in [-0.2, -0.15) is 0 Å². The third-order valence-corrected chi connectivity index (χ3v) is 16.5. The molecule has 4 unspecified atom stereocenters. The van der Waals surface area contributed by atoms with E-state index in [0.29, 0.717) is 0 Å². The minimum atomic E-state index is -2.64. The Balaban J connectivity index is 5.15. The number of hydrogen-bond acceptors (Lipinski definition) is 3. The Labute approximate surface area is 132 Å². The quantitative estimate of drug-likeness (QED) is 0.436. The Hall–Kier alpha value is -0.00247. The molecule has 3 nitrogen and oxygen atoms in total. The first-order valence-corrected chi connectivity index (χ1v) is 16.9. The molecule has 0 aliphatic heterocycles. The van der Waals surface area contributed by atoms with E-state index in [2.05, 4.69) is 26.3 Å². The fourth-order valence-electron chi connectivity index (χ4n) is 1.48. The van der Waals surface area contributed by atoms with E-state index in [9.17, 15) is 0 Å². The molecule has 0 aliphatic rings. The van der Waals surface area contributed by atoms with Crippen molar-refractivity contribution in [1.29, 1.82) is 0 Å². The summed E-state index contributed by atoms with van der Waals surface area (Å²) in [5, 5.41) is 0. The van der Waals surface area contributed by atoms with Crippen LogP contribution < -0.4 is 0 Å². The highest BCUT2D eigenvalue weighted by Crippen LogP contribution is 2.25. The maximum Gasteiger partial charge on any atom is 0.343 e. The van der Waals surface area contributed by atoms with Gasteiger partial charge in [-0.05, 0) is 26.2 Å². The third-order valence-electron chi connectivity index (χ3n) is 2.67. The molecule has 0 amide bonds. The van der Waals surface area contributed by atoms with Crippen LogP contribution in [0.1, 0.15) is 0 Å². The van der Waals surface area contributed by atoms with Gasteiger partial charge in [-0.15, -0.1) is 37.4 Å². The van der Waals surface area contributed by atoms with Gasteiger partial charge in [0.2, 0.25) is 0 Å². The van der Waals surface area contributed by atoms with E-state index in [-0.39, 0.29) is 0 Å². The topological polar surface area (TPSA) is 27.7 Å². The van der Waals surface area contributed by atoms with Crippen LogP contribution in [0.5, 0.6) is 0 Å². The molecule has 114 valence electrons. The van der Waals surface area contributed by atoms with Crippen molar-refractivity contribution in [3.8, 4) is 0 Å². The van der Waals surface area contributed by atoms with Crippen molar-refractivity contribution in [2.45, 2.75) is 26.2 Å². The molecule has 0 saturated heterocycles. The lowest BCUT2D eigenvalue weighted by Crippen LogP contribution is -2.55. The van der Waals surface area contributed by atoms with Gasteiger partial charge in [0, 0.05) is 0 Å². The zero-order valence-corrected chi connectivity index (χ0v) is 17.7. The minimum Gasteiger partial charge on any atom is -0.433 e. The molecule has 0 aliphatic carbocycles. The first-order chi connectivity index (χ1) is 9.05. The van der Waals surface area contributed by atoms with Crippen molar-refractivity contribution in [1.82, 2.24) is 0 Å². The summed E-state index contributed by atoms with van der Waals surface area (Å²) in [7, 11) is -9.10. The Bertz CT molecular complexity index is 391. The van der Waals surface area contributed by atoms with Gasteiger partial charge in [-0.25, -0.2) is 0 Å². The fourth-order valence-corrected chi connectivity index (χ4v) is 15.5. The third kappa shape index (κ3) is 6.63. The first kappa shape index (κ1) is 20.0. The Morgan fingerprint density at radius 1 is 0.900 bits per heavy atom. The normalized spacial score (nSPS) is 21.6. The van der Waals surface area contributed by atoms with E-state index >= 15 is 0 Å². The second kappa shape index (κ2) is 7.85. The van der Waals surface area contributed by atoms with Gasteiger partial charge in [0.05, 0.1) is 0 Å². The summed E-state index contributed by atoms with van der Waals surface area (Å²) in [6.45, 7) is 22.9. The molecule has 0 rings (SSSR count). The van der Waals surface area contributed by atoms with Crippen LogP contribution >= 0.6 is 11.1 Å². The van der Waals surface area contributed by atoms with E-state index in [0.717, 1.165) is 0 Å². The highest BCUT2D eigenvalue weighted by molar-refractivity contribution is 7.21. The molecule has 0 heterocycles. The van der Waals surface area contributed by atoms with Gasteiger partial charge in [0.1, 0.15) is 0 Å². The molecule has 8 heteroatoms. The van der Waals surface area contributed by atoms with Crippen LogP contribution in [0.4, 0.5) is 0 Å². The number of halogens is 1. The van der Waals surface area contributed by atoms with Crippen LogP contribution in [0.3, 0.4) is 0 Å². The monoisotopic (exact) mass is 364 g/mol. The summed E-state index contributed by atoms with van der Waals surface area (Å²) in [5.74, 6) is 0. The van der Waals surface area contributed by atoms with E-state index in [1.54, 1.807) is 17.1 Å². The lowest BCUT2D eigenvalue weighted by molar-refractivity contribution is 0.350. The van der Waals surface area contributed by atoms with Gasteiger partial charge in [0.25, 0.3) is 0 Å². The van der Waals surface area contributed by atoms with Crippen molar-refractivity contribution < 1.29 is 12.3 Å². The zero-order chi connectivity index (χ0) is 16.0. The summed E-state index contributed by atoms with van der Waals surface area (Å²) in [6.07, 6.45) is 0. The second-order valence-electron chi connectivity index (χ2n) is 4.89. The molecule has 0 aromatic heterocycles. The van der Waals surface area contributed by atoms with Crippen LogP contribution in [0.25, 0.3) is 0 Å². The Kier molecular flexibility index (Phi) is 7.85. The molecular formula is C12H25ClO3Si4. The van der Waals surface area contributed by atoms with E-state index in [1.165, 1.54) is 0 Å². The van der Waals surface area contributed by atoms with Crippen LogP contribution in [-0.2, 0) is 12.3 Å². The summed E-state index contributed by atoms with van der Waals surface area (Å²) < 4.78 is 18.3. The first-order valence-electron chi connectivity index (χ1n) is 6.36. The zero-order valence-electron chi connectivity index (χ0n) is 12.8. The maximum absolute atomic E-state index is 6.34. The van der Waals surface area contributed by atoms with Crippen molar-refractivity contribution in [3.63, 3.8) is 0 Å². The lowest BCUT2D eigenvalue weighted by Gasteiger charge is -2.37. The molecular weight excluding hydrogens is 340 g/mol. The van der Waals surface area contributed by atoms with Gasteiger partial charge < -0.3 is 12.3 Å². The lowest BCUT2D eigenvalue weighted by atomic mass is 11.3. The molecule has 0 spiro atoms. The maximum atomic E-state index is 6.34. The highest BCUT2D eigenvalue weighted by Gasteiger charge is 2.44. The van der Waals surface area contributed by atoms with Crippen molar-refractivity contribution in [2.24, 2.45) is 0 Å². The standard InChI is InChI=1S/C12H25ClO3Si4/c1-9-17(5)14-19(7,11-3)16-20(8,12-4)15-18(6,13)10-2/h9-12,17H,1-4H2,5-8H3. The van der Waals surface area contributed by atoms with Gasteiger partial charge in [0.15, 0.2) is 9.04 Å². The van der Waals surface area contributed by atoms with Crippen LogP contribution in [0, 0.1) is 0 Å². The predicted molar refractivity (Wildman–Crippen MR) is 97.8 cm³/mol. The summed E-state index contributed by atoms with van der Waals surface area (Å²) in [6, 6.07) is 0. The number of hydrogen-bond donors (Lipinski definition) is 0. The van der Waals surface area contributed by atoms with Gasteiger partial charge in [-0.1, -0.05) is 22.8 Å². The average Bonchev–Trinajstić information content (AvgIpc) is 2.37. The van der Waals surface area contributed by atoms with E-state index in [4.69, 9.17) is 23.4 Å². The Morgan fingerprint density at radius 3 is 1.75 bits per heavy atom. The van der Waals surface area contributed by atoms with Gasteiger partial charge in [-0.3, -0.25) is 0 Å². The Morgan fingerprint density at radius 2 is 1.40 bits per heavy atom. The average molecular weight is 365 g/mol. The fraction of sp³-hybridized carbons (Fsp3) is 0.333. The van der Waals surface area contributed by atoms with Crippen LogP contribution in [-0.4, -0.2) is 33.8 Å². The van der Waals surface area contributed by atoms with Gasteiger partial charge >= 0.3 is 24.7 Å². The van der Waals surface area contributed by atoms with Crippen molar-refractivity contribution >= 4 is 44.9 Å². The second-order valence-corrected chi connectivity index (χ2v) is 18.9. The van der Waals surface area contributed by atoms with Crippen molar-refractivity contribution in [2.75, 3.05) is 0 Å². The summed E-state index contributed by atoms with van der Waals surface area (Å²) in [5.41, 5.74) is 7.01. The molecule has 4 atom stereocenters. The summed E-state index contributed by atoms with van der Waals surface area (Å²) in [4.78, 5) is 0. The molecule has 0 aromatic carbocycles. The van der Waals surface area contributed by atoms with Crippen molar-refractivity contribution in [3.05, 3.63) is 49.1 Å². The molecule has 0 aromatic rings. The SMILES string of the molecule is C=C[SiH](C)O[Si](C)(C=C)O[Si](C)(C=C)O[Si](C)(Cl)C=C.